The third-order valence-electron chi connectivity index (χ3n) is 3.55. The van der Waals surface area contributed by atoms with Crippen LogP contribution in [0.25, 0.3) is 0 Å². The molecule has 1 saturated heterocycles. The number of amides is 1. The van der Waals surface area contributed by atoms with Crippen molar-refractivity contribution in [1.29, 1.82) is 0 Å². The predicted octanol–water partition coefficient (Wildman–Crippen LogP) is 0.727. The topological polar surface area (TPSA) is 106 Å². The van der Waals surface area contributed by atoms with Gasteiger partial charge in [-0.3, -0.25) is 4.79 Å². The van der Waals surface area contributed by atoms with Crippen molar-refractivity contribution in [3.8, 4) is 0 Å². The average Bonchev–Trinajstić information content (AvgIpc) is 2.85. The van der Waals surface area contributed by atoms with E-state index in [2.05, 4.69) is 0 Å². The Morgan fingerprint density at radius 2 is 2.10 bits per heavy atom. The van der Waals surface area contributed by atoms with Crippen molar-refractivity contribution in [1.82, 2.24) is 4.31 Å². The highest BCUT2D eigenvalue weighted by molar-refractivity contribution is 7.89. The fraction of sp³-hybridized carbons (Fsp3) is 0.417. The summed E-state index contributed by atoms with van der Waals surface area (Å²) >= 11 is 5.97. The maximum absolute atomic E-state index is 12.5. The minimum Gasteiger partial charge on any atom is -0.398 e. The summed E-state index contributed by atoms with van der Waals surface area (Å²) in [6.07, 6.45) is 0.434. The number of halogens is 1. The summed E-state index contributed by atoms with van der Waals surface area (Å²) in [5.74, 6) is -0.924. The molecule has 20 heavy (non-hydrogen) atoms. The number of nitrogens with zero attached hydrogens (tertiary/aromatic N) is 1. The van der Waals surface area contributed by atoms with Crippen LogP contribution in [0.15, 0.2) is 17.0 Å². The number of anilines is 1. The highest BCUT2D eigenvalue weighted by atomic mass is 35.5. The van der Waals surface area contributed by atoms with Crippen molar-refractivity contribution < 1.29 is 13.2 Å². The highest BCUT2D eigenvalue weighted by Crippen LogP contribution is 2.30. The Morgan fingerprint density at radius 3 is 2.60 bits per heavy atom. The lowest BCUT2D eigenvalue weighted by Crippen LogP contribution is -2.31. The normalized spacial score (nSPS) is 20.2. The summed E-state index contributed by atoms with van der Waals surface area (Å²) in [5.41, 5.74) is 11.9. The summed E-state index contributed by atoms with van der Waals surface area (Å²) in [6, 6.07) is 2.76. The van der Waals surface area contributed by atoms with Gasteiger partial charge >= 0.3 is 0 Å². The number of sulfonamides is 1. The third-order valence-corrected chi connectivity index (χ3v) is 5.78. The fourth-order valence-electron chi connectivity index (χ4n) is 2.15. The molecule has 0 aromatic heterocycles. The number of hydrogen-bond acceptors (Lipinski definition) is 4. The molecule has 2 rings (SSSR count). The molecule has 1 amide bonds. The van der Waals surface area contributed by atoms with E-state index in [1.54, 1.807) is 6.92 Å². The number of nitrogen functional groups attached to an aromatic ring is 1. The number of primary amides is 1. The Bertz CT molecular complexity index is 637. The standard InChI is InChI=1S/C12H16ClN3O3S/c1-7-10(13)4-9(5-11(7)14)20(18,19)16-3-2-8(6-16)12(15)17/h4-5,8H,2-3,6,14H2,1H3,(H2,15,17). The van der Waals surface area contributed by atoms with Gasteiger partial charge in [0.15, 0.2) is 0 Å². The van der Waals surface area contributed by atoms with Crippen LogP contribution < -0.4 is 11.5 Å². The molecule has 1 aromatic carbocycles. The molecule has 0 radical (unpaired) electrons. The smallest absolute Gasteiger partial charge is 0.243 e. The van der Waals surface area contributed by atoms with Gasteiger partial charge in [-0.15, -0.1) is 0 Å². The lowest BCUT2D eigenvalue weighted by Gasteiger charge is -2.17. The van der Waals surface area contributed by atoms with E-state index in [0.717, 1.165) is 0 Å². The molecule has 1 aromatic rings. The van der Waals surface area contributed by atoms with Crippen LogP contribution in [0.4, 0.5) is 5.69 Å². The van der Waals surface area contributed by atoms with Crippen LogP contribution in [0.2, 0.25) is 5.02 Å². The number of carbonyl (C=O) groups excluding carboxylic acids is 1. The van der Waals surface area contributed by atoms with E-state index < -0.39 is 21.8 Å². The van der Waals surface area contributed by atoms with Gasteiger partial charge in [0.1, 0.15) is 0 Å². The minimum absolute atomic E-state index is 0.0377. The molecule has 1 fully saturated rings. The number of carbonyl (C=O) groups is 1. The van der Waals surface area contributed by atoms with Crippen molar-refractivity contribution in [3.63, 3.8) is 0 Å². The molecule has 8 heteroatoms. The third kappa shape index (κ3) is 2.61. The zero-order chi connectivity index (χ0) is 15.1. The van der Waals surface area contributed by atoms with Gasteiger partial charge in [-0.1, -0.05) is 11.6 Å². The molecule has 6 nitrogen and oxygen atoms in total. The quantitative estimate of drug-likeness (QED) is 0.801. The summed E-state index contributed by atoms with van der Waals surface area (Å²) < 4.78 is 26.2. The van der Waals surface area contributed by atoms with Crippen molar-refractivity contribution in [2.45, 2.75) is 18.2 Å². The van der Waals surface area contributed by atoms with Gasteiger partial charge < -0.3 is 11.5 Å². The van der Waals surface area contributed by atoms with Crippen molar-refractivity contribution >= 4 is 33.2 Å². The molecule has 1 aliphatic heterocycles. The fourth-order valence-corrected chi connectivity index (χ4v) is 4.01. The van der Waals surface area contributed by atoms with Gasteiger partial charge in [0.05, 0.1) is 10.8 Å². The Morgan fingerprint density at radius 1 is 1.45 bits per heavy atom. The van der Waals surface area contributed by atoms with Crippen LogP contribution in [0.3, 0.4) is 0 Å². The Hall–Kier alpha value is -1.31. The molecule has 110 valence electrons. The maximum Gasteiger partial charge on any atom is 0.243 e. The molecule has 1 aliphatic rings. The number of rotatable bonds is 3. The Balaban J connectivity index is 2.35. The second-order valence-electron chi connectivity index (χ2n) is 4.87. The lowest BCUT2D eigenvalue weighted by molar-refractivity contribution is -0.121. The summed E-state index contributed by atoms with van der Waals surface area (Å²) in [5, 5.41) is 0.300. The van der Waals surface area contributed by atoms with E-state index in [0.29, 0.717) is 22.7 Å². The van der Waals surface area contributed by atoms with Crippen LogP contribution in [0.1, 0.15) is 12.0 Å². The molecule has 0 spiro atoms. The van der Waals surface area contributed by atoms with Crippen LogP contribution in [0.5, 0.6) is 0 Å². The van der Waals surface area contributed by atoms with E-state index in [9.17, 15) is 13.2 Å². The molecule has 4 N–H and O–H groups in total. The van der Waals surface area contributed by atoms with Crippen LogP contribution in [-0.2, 0) is 14.8 Å². The van der Waals surface area contributed by atoms with Gasteiger partial charge in [-0.05, 0) is 31.0 Å². The van der Waals surface area contributed by atoms with E-state index in [-0.39, 0.29) is 18.0 Å². The van der Waals surface area contributed by atoms with Gasteiger partial charge in [0, 0.05) is 23.8 Å². The predicted molar refractivity (Wildman–Crippen MR) is 76.7 cm³/mol. The van der Waals surface area contributed by atoms with Gasteiger partial charge in [0.2, 0.25) is 15.9 Å². The molecule has 0 bridgehead atoms. The Labute approximate surface area is 122 Å². The Kier molecular flexibility index (Phi) is 3.95. The van der Waals surface area contributed by atoms with E-state index in [1.807, 2.05) is 0 Å². The monoisotopic (exact) mass is 317 g/mol. The first kappa shape index (κ1) is 15.1. The van der Waals surface area contributed by atoms with Crippen molar-refractivity contribution in [3.05, 3.63) is 22.7 Å². The number of benzene rings is 1. The molecular weight excluding hydrogens is 302 g/mol. The van der Waals surface area contributed by atoms with E-state index in [1.165, 1.54) is 16.4 Å². The van der Waals surface area contributed by atoms with Gasteiger partial charge in [-0.2, -0.15) is 4.31 Å². The molecule has 0 saturated carbocycles. The minimum atomic E-state index is -3.71. The number of hydrogen-bond donors (Lipinski definition) is 2. The largest absolute Gasteiger partial charge is 0.398 e. The second-order valence-corrected chi connectivity index (χ2v) is 7.22. The van der Waals surface area contributed by atoms with Crippen LogP contribution >= 0.6 is 11.6 Å². The molecule has 1 atom stereocenters. The molecular formula is C12H16ClN3O3S. The first-order valence-corrected chi connectivity index (χ1v) is 7.90. The lowest BCUT2D eigenvalue weighted by atomic mass is 10.1. The van der Waals surface area contributed by atoms with Gasteiger partial charge in [0.25, 0.3) is 0 Å². The van der Waals surface area contributed by atoms with Crippen LogP contribution in [-0.4, -0.2) is 31.7 Å². The zero-order valence-corrected chi connectivity index (χ0v) is 12.5. The second kappa shape index (κ2) is 5.23. The van der Waals surface area contributed by atoms with E-state index in [4.69, 9.17) is 23.1 Å². The molecule has 1 unspecified atom stereocenters. The molecule has 0 aliphatic carbocycles. The summed E-state index contributed by atoms with van der Waals surface area (Å²) in [6.45, 7) is 2.08. The van der Waals surface area contributed by atoms with Crippen molar-refractivity contribution in [2.24, 2.45) is 11.7 Å². The SMILES string of the molecule is Cc1c(N)cc(S(=O)(=O)N2CCC(C(N)=O)C2)cc1Cl. The van der Waals surface area contributed by atoms with E-state index >= 15 is 0 Å². The molecule has 1 heterocycles. The zero-order valence-electron chi connectivity index (χ0n) is 11.0. The first-order valence-electron chi connectivity index (χ1n) is 6.08. The van der Waals surface area contributed by atoms with Crippen LogP contribution in [0, 0.1) is 12.8 Å². The van der Waals surface area contributed by atoms with Crippen molar-refractivity contribution in [2.75, 3.05) is 18.8 Å². The summed E-state index contributed by atoms with van der Waals surface area (Å²) in [7, 11) is -3.71. The summed E-state index contributed by atoms with van der Waals surface area (Å²) in [4.78, 5) is 11.2. The number of nitrogens with two attached hydrogens (primary N) is 2. The van der Waals surface area contributed by atoms with Gasteiger partial charge in [-0.25, -0.2) is 8.42 Å². The highest BCUT2D eigenvalue weighted by Gasteiger charge is 2.35. The first-order chi connectivity index (χ1) is 9.23. The average molecular weight is 318 g/mol. The maximum atomic E-state index is 12.5.